The zero-order valence-electron chi connectivity index (χ0n) is 30.3. The SMILES string of the molecule is COc1cc(/C=C2\C(=O)c3cc(C#N)c(C#N)cc3C2=C(C#N)C#N)sc1-c1cc2c(s1)-c1c(c(S)c(C)n1C)C2(c1ccc(C)cc1)c1ccc(C)cc1. The molecular formula is C45H29N5O2S3. The van der Waals surface area contributed by atoms with E-state index in [-0.39, 0.29) is 39.0 Å². The van der Waals surface area contributed by atoms with Gasteiger partial charge in [-0.1, -0.05) is 59.7 Å². The Balaban J connectivity index is 1.35. The Morgan fingerprint density at radius 1 is 0.818 bits per heavy atom. The topological polar surface area (TPSA) is 126 Å². The molecule has 2 aliphatic carbocycles. The van der Waals surface area contributed by atoms with Crippen LogP contribution in [0.15, 0.2) is 88.8 Å². The largest absolute Gasteiger partial charge is 0.495 e. The third kappa shape index (κ3) is 5.08. The van der Waals surface area contributed by atoms with Crippen molar-refractivity contribution < 1.29 is 9.53 Å². The van der Waals surface area contributed by atoms with Crippen molar-refractivity contribution in [2.75, 3.05) is 7.11 Å². The zero-order valence-corrected chi connectivity index (χ0v) is 32.8. The van der Waals surface area contributed by atoms with Gasteiger partial charge in [0.05, 0.1) is 39.1 Å². The highest BCUT2D eigenvalue weighted by Gasteiger charge is 2.51. The highest BCUT2D eigenvalue weighted by atomic mass is 32.1. The monoisotopic (exact) mass is 767 g/mol. The first-order chi connectivity index (χ1) is 26.5. The lowest BCUT2D eigenvalue weighted by Gasteiger charge is -2.33. The van der Waals surface area contributed by atoms with Crippen molar-refractivity contribution in [1.29, 1.82) is 21.0 Å². The standard InChI is InChI=1S/C45H29N5O2S3/c1-23-6-10-29(11-7-23)45(30-12-8-24(2)9-13-30)35-18-37(55-43(35)40-39(45)42(53)25(3)50(40)4)44-36(52-5)17-31(54-44)16-34-38(28(21-48)22-49)32-14-26(19-46)27(20-47)15-33(32)41(34)51/h6-18,53H,1-5H3/b34-16-. The number of rotatable bonds is 5. The average molecular weight is 768 g/mol. The second-order valence-corrected chi connectivity index (χ2v) is 16.2. The number of aromatic nitrogens is 1. The molecule has 0 aliphatic heterocycles. The molecule has 0 spiro atoms. The molecule has 0 unspecified atom stereocenters. The second-order valence-electron chi connectivity index (χ2n) is 13.6. The predicted octanol–water partition coefficient (Wildman–Crippen LogP) is 10.2. The maximum absolute atomic E-state index is 14.0. The first-order valence-corrected chi connectivity index (χ1v) is 19.3. The number of nitrogens with zero attached hydrogens (tertiary/aromatic N) is 5. The van der Waals surface area contributed by atoms with Gasteiger partial charge in [-0.3, -0.25) is 4.79 Å². The number of hydrogen-bond acceptors (Lipinski definition) is 9. The molecule has 7 nitrogen and oxygen atoms in total. The van der Waals surface area contributed by atoms with E-state index < -0.39 is 11.2 Å². The Morgan fingerprint density at radius 2 is 1.40 bits per heavy atom. The fourth-order valence-corrected chi connectivity index (χ4v) is 10.8. The maximum atomic E-state index is 14.0. The quantitative estimate of drug-likeness (QED) is 0.106. The number of benzene rings is 3. The lowest BCUT2D eigenvalue weighted by molar-refractivity contribution is 0.104. The summed E-state index contributed by atoms with van der Waals surface area (Å²) in [6.45, 7) is 6.28. The summed E-state index contributed by atoms with van der Waals surface area (Å²) in [6.07, 6.45) is 1.66. The van der Waals surface area contributed by atoms with Gasteiger partial charge in [-0.05, 0) is 73.4 Å². The third-order valence-electron chi connectivity index (χ3n) is 10.7. The van der Waals surface area contributed by atoms with Crippen LogP contribution in [0.3, 0.4) is 0 Å². The van der Waals surface area contributed by atoms with Gasteiger partial charge in [0.1, 0.15) is 35.6 Å². The van der Waals surface area contributed by atoms with E-state index in [1.54, 1.807) is 24.5 Å². The van der Waals surface area contributed by atoms with E-state index in [1.165, 1.54) is 34.6 Å². The number of Topliss-reactive ketones (excluding diaryl/α,β-unsaturated/α-hetero) is 1. The molecule has 0 bridgehead atoms. The molecule has 3 aromatic carbocycles. The van der Waals surface area contributed by atoms with Crippen LogP contribution in [0.25, 0.3) is 32.0 Å². The van der Waals surface area contributed by atoms with Crippen LogP contribution < -0.4 is 4.74 Å². The van der Waals surface area contributed by atoms with E-state index in [2.05, 4.69) is 87.0 Å². The third-order valence-corrected chi connectivity index (χ3v) is 13.6. The number of carbonyl (C=O) groups is 1. The Kier molecular flexibility index (Phi) is 8.53. The molecule has 0 saturated carbocycles. The lowest BCUT2D eigenvalue weighted by Crippen LogP contribution is -2.28. The second kappa shape index (κ2) is 13.2. The molecule has 0 saturated heterocycles. The van der Waals surface area contributed by atoms with Crippen LogP contribution in [0.4, 0.5) is 0 Å². The fourth-order valence-electron chi connectivity index (χ4n) is 7.93. The minimum atomic E-state index is -0.656. The highest BCUT2D eigenvalue weighted by molar-refractivity contribution is 7.80. The van der Waals surface area contributed by atoms with Gasteiger partial charge in [0.15, 0.2) is 5.78 Å². The number of aryl methyl sites for hydroxylation is 2. The van der Waals surface area contributed by atoms with Crippen LogP contribution in [0, 0.1) is 66.1 Å². The molecule has 0 N–H and O–H groups in total. The summed E-state index contributed by atoms with van der Waals surface area (Å²) in [4.78, 5) is 18.6. The van der Waals surface area contributed by atoms with E-state index in [0.717, 1.165) is 53.2 Å². The van der Waals surface area contributed by atoms with Crippen molar-refractivity contribution in [1.82, 2.24) is 4.57 Å². The zero-order chi connectivity index (χ0) is 38.9. The number of thiophene rings is 2. The number of ketones is 1. The van der Waals surface area contributed by atoms with Gasteiger partial charge >= 0.3 is 0 Å². The van der Waals surface area contributed by atoms with E-state index in [0.29, 0.717) is 10.6 Å². The van der Waals surface area contributed by atoms with Gasteiger partial charge in [0.25, 0.3) is 0 Å². The minimum Gasteiger partial charge on any atom is -0.495 e. The van der Waals surface area contributed by atoms with Crippen LogP contribution in [-0.4, -0.2) is 17.5 Å². The smallest absolute Gasteiger partial charge is 0.194 e. The molecule has 3 aromatic heterocycles. The summed E-state index contributed by atoms with van der Waals surface area (Å²) in [5, 5.41) is 39.2. The first-order valence-electron chi connectivity index (χ1n) is 17.2. The van der Waals surface area contributed by atoms with Crippen molar-refractivity contribution in [3.63, 3.8) is 0 Å². The van der Waals surface area contributed by atoms with E-state index >= 15 is 0 Å². The summed E-state index contributed by atoms with van der Waals surface area (Å²) in [7, 11) is 3.70. The number of thiol groups is 1. The van der Waals surface area contributed by atoms with Crippen LogP contribution in [0.5, 0.6) is 5.75 Å². The van der Waals surface area contributed by atoms with E-state index in [1.807, 2.05) is 30.3 Å². The van der Waals surface area contributed by atoms with E-state index in [4.69, 9.17) is 17.4 Å². The molecule has 264 valence electrons. The number of ether oxygens (including phenoxy) is 1. The summed E-state index contributed by atoms with van der Waals surface area (Å²) in [5.74, 6) is 0.173. The molecule has 8 rings (SSSR count). The fraction of sp³-hybridized carbons (Fsp3) is 0.133. The number of methoxy groups -OCH3 is 1. The van der Waals surface area contributed by atoms with Crippen molar-refractivity contribution in [3.8, 4) is 50.4 Å². The number of nitriles is 4. The van der Waals surface area contributed by atoms with Crippen LogP contribution >= 0.6 is 35.3 Å². The number of fused-ring (bicyclic) bond motifs is 4. The van der Waals surface area contributed by atoms with Gasteiger partial charge in [-0.2, -0.15) is 21.0 Å². The Hall–Kier alpha value is -6.40. The van der Waals surface area contributed by atoms with Gasteiger partial charge in [0.2, 0.25) is 0 Å². The molecule has 0 radical (unpaired) electrons. The van der Waals surface area contributed by atoms with Gasteiger partial charge in [-0.25, -0.2) is 0 Å². The molecule has 0 amide bonds. The molecular weight excluding hydrogens is 739 g/mol. The minimum absolute atomic E-state index is 0.0467. The molecule has 10 heteroatoms. The molecule has 0 fully saturated rings. The normalized spacial score (nSPS) is 14.1. The van der Waals surface area contributed by atoms with Crippen molar-refractivity contribution in [2.24, 2.45) is 7.05 Å². The number of allylic oxidation sites excluding steroid dienone is 3. The van der Waals surface area contributed by atoms with Crippen LogP contribution in [0.2, 0.25) is 0 Å². The molecule has 55 heavy (non-hydrogen) atoms. The van der Waals surface area contributed by atoms with Gasteiger partial charge in [-0.15, -0.1) is 35.3 Å². The molecule has 3 heterocycles. The Labute approximate surface area is 332 Å². The van der Waals surface area contributed by atoms with Crippen molar-refractivity contribution >= 4 is 52.7 Å². The summed E-state index contributed by atoms with van der Waals surface area (Å²) < 4.78 is 8.21. The molecule has 6 aromatic rings. The summed E-state index contributed by atoms with van der Waals surface area (Å²) >= 11 is 8.30. The van der Waals surface area contributed by atoms with Crippen molar-refractivity contribution in [2.45, 2.75) is 31.1 Å². The number of hydrogen-bond donors (Lipinski definition) is 1. The Bertz CT molecular complexity index is 2850. The summed E-state index contributed by atoms with van der Waals surface area (Å²) in [5.41, 5.74) is 9.02. The van der Waals surface area contributed by atoms with Crippen LogP contribution in [0.1, 0.15) is 71.0 Å². The summed E-state index contributed by atoms with van der Waals surface area (Å²) in [6, 6.07) is 32.2. The van der Waals surface area contributed by atoms with Crippen molar-refractivity contribution in [3.05, 3.63) is 150 Å². The van der Waals surface area contributed by atoms with Gasteiger partial charge in [0, 0.05) is 49.7 Å². The highest BCUT2D eigenvalue weighted by Crippen LogP contribution is 2.63. The molecule has 2 aliphatic rings. The Morgan fingerprint density at radius 3 is 1.95 bits per heavy atom. The maximum Gasteiger partial charge on any atom is 0.194 e. The van der Waals surface area contributed by atoms with Crippen LogP contribution in [-0.2, 0) is 12.5 Å². The first kappa shape index (κ1) is 35.6. The van der Waals surface area contributed by atoms with Gasteiger partial charge < -0.3 is 9.30 Å². The van der Waals surface area contributed by atoms with E-state index in [9.17, 15) is 25.8 Å². The molecule has 0 atom stereocenters. The lowest BCUT2D eigenvalue weighted by atomic mass is 9.68. The number of carbonyl (C=O) groups excluding carboxylic acids is 1. The average Bonchev–Trinajstić information content (AvgIpc) is 3.98. The predicted molar refractivity (Wildman–Crippen MR) is 218 cm³/mol.